The highest BCUT2D eigenvalue weighted by Crippen LogP contribution is 2.49. The van der Waals surface area contributed by atoms with Gasteiger partial charge >= 0.3 is 0 Å². The summed E-state index contributed by atoms with van der Waals surface area (Å²) < 4.78 is 45.0. The number of unbranched alkanes of at least 4 members (excludes halogenated alkanes) is 6. The minimum atomic E-state index is -3.86. The van der Waals surface area contributed by atoms with Gasteiger partial charge in [-0.2, -0.15) is 4.31 Å². The molecule has 0 bridgehead atoms. The van der Waals surface area contributed by atoms with Gasteiger partial charge in [-0.25, -0.2) is 12.8 Å². The molecule has 1 unspecified atom stereocenters. The third-order valence-electron chi connectivity index (χ3n) is 12.9. The minimum absolute atomic E-state index is 0.144. The van der Waals surface area contributed by atoms with Crippen LogP contribution in [-0.4, -0.2) is 77.3 Å². The summed E-state index contributed by atoms with van der Waals surface area (Å²) in [4.78, 5) is 53.0. The smallest absolute Gasteiger partial charge is 0.255 e. The first-order valence-corrected chi connectivity index (χ1v) is 24.4. The van der Waals surface area contributed by atoms with Crippen LogP contribution in [0.5, 0.6) is 0 Å². The van der Waals surface area contributed by atoms with E-state index in [0.29, 0.717) is 60.4 Å². The SMILES string of the molecule is Cc1ccc(S(=O)(=O)N2CC[C@@H]3[C@H](CO)Nc4ccc(-c5cc(NC(=O)CCCCCCCCCSc6cccc7c6CN(C6CCC(=O)NC6=O)C7=O)ccc5F)cc4[C@@H]32)cc1. The van der Waals surface area contributed by atoms with Crippen LogP contribution in [0.25, 0.3) is 11.1 Å². The Morgan fingerprint density at radius 3 is 2.43 bits per heavy atom. The molecule has 63 heavy (non-hydrogen) atoms. The second-order valence-corrected chi connectivity index (χ2v) is 20.1. The predicted molar refractivity (Wildman–Crippen MR) is 241 cm³/mol. The summed E-state index contributed by atoms with van der Waals surface area (Å²) in [5, 5.41) is 18.9. The number of aliphatic hydroxyl groups is 1. The molecule has 4 amide bonds. The zero-order chi connectivity index (χ0) is 44.3. The van der Waals surface area contributed by atoms with Crippen LogP contribution in [0, 0.1) is 18.7 Å². The molecule has 8 rings (SSSR count). The van der Waals surface area contributed by atoms with Gasteiger partial charge in [-0.05, 0) is 110 Å². The average Bonchev–Trinajstić information content (AvgIpc) is 3.88. The highest BCUT2D eigenvalue weighted by molar-refractivity contribution is 7.99. The molecule has 15 heteroatoms. The number of hydrogen-bond donors (Lipinski definition) is 4. The van der Waals surface area contributed by atoms with Gasteiger partial charge in [-0.3, -0.25) is 24.5 Å². The van der Waals surface area contributed by atoms with Crippen LogP contribution in [0.1, 0.15) is 104 Å². The van der Waals surface area contributed by atoms with Crippen LogP contribution >= 0.6 is 11.8 Å². The standard InChI is InChI=1S/C48H54FN5O7S2/c1-30-13-17-33(18-14-30)63(60,61)54-24-23-35-41(29-55)51-40-20-15-31(26-37(40)46(35)54)36-27-32(16-19-39(36)49)50-44(56)12-7-5-3-2-4-6-8-25-62-43-11-9-10-34-38(43)28-53(48(34)59)42-21-22-45(57)52-47(42)58/h9-11,13-20,26-27,35,41-42,46,51,55H,2-8,12,21-25,28-29H2,1H3,(H,50,56)(H,52,57,58)/t35-,41+,42?,46-/m1/s1. The summed E-state index contributed by atoms with van der Waals surface area (Å²) in [6.45, 7) is 2.42. The minimum Gasteiger partial charge on any atom is -0.394 e. The van der Waals surface area contributed by atoms with Gasteiger partial charge in [0, 0.05) is 59.2 Å². The van der Waals surface area contributed by atoms with Crippen molar-refractivity contribution in [2.45, 2.75) is 112 Å². The lowest BCUT2D eigenvalue weighted by atomic mass is 9.82. The van der Waals surface area contributed by atoms with E-state index in [1.165, 1.54) is 10.4 Å². The molecule has 2 fully saturated rings. The normalized spacial score (nSPS) is 20.8. The van der Waals surface area contributed by atoms with Crippen molar-refractivity contribution in [2.24, 2.45) is 5.92 Å². The van der Waals surface area contributed by atoms with Crippen LogP contribution in [0.4, 0.5) is 15.8 Å². The van der Waals surface area contributed by atoms with Gasteiger partial charge < -0.3 is 20.6 Å². The number of benzene rings is 4. The molecule has 0 radical (unpaired) electrons. The molecule has 0 aromatic heterocycles. The van der Waals surface area contributed by atoms with E-state index in [4.69, 9.17) is 0 Å². The molecule has 4 atom stereocenters. The average molecular weight is 896 g/mol. The van der Waals surface area contributed by atoms with Gasteiger partial charge in [-0.1, -0.05) is 61.9 Å². The fraction of sp³-hybridized carbons (Fsp3) is 0.417. The second kappa shape index (κ2) is 19.3. The van der Waals surface area contributed by atoms with Crippen molar-refractivity contribution < 1.29 is 37.1 Å². The number of aryl methyl sites for hydroxylation is 1. The molecule has 2 saturated heterocycles. The lowest BCUT2D eigenvalue weighted by molar-refractivity contribution is -0.137. The van der Waals surface area contributed by atoms with E-state index in [1.807, 2.05) is 37.3 Å². The molecule has 4 aromatic rings. The molecular formula is C48H54FN5O7S2. The van der Waals surface area contributed by atoms with Crippen molar-refractivity contribution in [3.63, 3.8) is 0 Å². The summed E-state index contributed by atoms with van der Waals surface area (Å²) in [5.74, 6) is -0.732. The first kappa shape index (κ1) is 44.5. The molecule has 4 aliphatic rings. The van der Waals surface area contributed by atoms with E-state index in [1.54, 1.807) is 59.1 Å². The number of amides is 4. The topological polar surface area (TPSA) is 165 Å². The van der Waals surface area contributed by atoms with Gasteiger partial charge in [0.25, 0.3) is 5.91 Å². The number of nitrogens with one attached hydrogen (secondary N) is 3. The molecule has 0 spiro atoms. The quantitative estimate of drug-likeness (QED) is 0.0468. The largest absolute Gasteiger partial charge is 0.394 e. The molecule has 332 valence electrons. The van der Waals surface area contributed by atoms with Crippen molar-refractivity contribution in [1.29, 1.82) is 0 Å². The number of thioether (sulfide) groups is 1. The summed E-state index contributed by atoms with van der Waals surface area (Å²) in [5.41, 5.74) is 5.29. The number of nitrogens with zero attached hydrogens (tertiary/aromatic N) is 2. The van der Waals surface area contributed by atoms with Crippen molar-refractivity contribution in [1.82, 2.24) is 14.5 Å². The first-order valence-electron chi connectivity index (χ1n) is 22.0. The van der Waals surface area contributed by atoms with Gasteiger partial charge in [0.15, 0.2) is 0 Å². The maximum Gasteiger partial charge on any atom is 0.255 e. The van der Waals surface area contributed by atoms with Crippen LogP contribution in [-0.2, 0) is 31.0 Å². The summed E-state index contributed by atoms with van der Waals surface area (Å²) in [7, 11) is -3.86. The van der Waals surface area contributed by atoms with Crippen LogP contribution in [0.3, 0.4) is 0 Å². The Kier molecular flexibility index (Phi) is 13.7. The number of carbonyl (C=O) groups is 4. The number of piperidine rings is 1. The number of rotatable bonds is 17. The Balaban J connectivity index is 0.788. The third-order valence-corrected chi connectivity index (χ3v) is 15.9. The number of aliphatic hydroxyl groups excluding tert-OH is 1. The van der Waals surface area contributed by atoms with Gasteiger partial charge in [0.2, 0.25) is 27.7 Å². The molecule has 4 N–H and O–H groups in total. The lowest BCUT2D eigenvalue weighted by Crippen LogP contribution is -2.52. The highest BCUT2D eigenvalue weighted by atomic mass is 32.2. The van der Waals surface area contributed by atoms with Crippen molar-refractivity contribution in [2.75, 3.05) is 29.5 Å². The van der Waals surface area contributed by atoms with E-state index in [-0.39, 0.29) is 47.6 Å². The predicted octanol–water partition coefficient (Wildman–Crippen LogP) is 7.95. The van der Waals surface area contributed by atoms with Crippen LogP contribution in [0.2, 0.25) is 0 Å². The molecular weight excluding hydrogens is 842 g/mol. The third kappa shape index (κ3) is 9.57. The zero-order valence-electron chi connectivity index (χ0n) is 35.4. The van der Waals surface area contributed by atoms with Crippen molar-refractivity contribution >= 4 is 56.8 Å². The van der Waals surface area contributed by atoms with Gasteiger partial charge in [0.1, 0.15) is 11.9 Å². The second-order valence-electron chi connectivity index (χ2n) is 17.1. The Labute approximate surface area is 372 Å². The molecule has 4 aromatic carbocycles. The summed E-state index contributed by atoms with van der Waals surface area (Å²) in [6.07, 6.45) is 8.42. The van der Waals surface area contributed by atoms with Crippen molar-refractivity contribution in [3.05, 3.63) is 107 Å². The number of halogens is 1. The Morgan fingerprint density at radius 2 is 1.67 bits per heavy atom. The number of imide groups is 1. The first-order chi connectivity index (χ1) is 30.4. The maximum absolute atomic E-state index is 15.5. The zero-order valence-corrected chi connectivity index (χ0v) is 37.0. The molecule has 0 aliphatic carbocycles. The van der Waals surface area contributed by atoms with E-state index in [2.05, 4.69) is 16.0 Å². The Hall–Kier alpha value is -5.09. The van der Waals surface area contributed by atoms with Crippen LogP contribution < -0.4 is 16.0 Å². The monoisotopic (exact) mass is 895 g/mol. The number of sulfonamides is 1. The number of hydrogen-bond acceptors (Lipinski definition) is 9. The molecule has 4 aliphatic heterocycles. The summed E-state index contributed by atoms with van der Waals surface area (Å²) in [6, 6.07) is 20.9. The van der Waals surface area contributed by atoms with Gasteiger partial charge in [0.05, 0.1) is 23.6 Å². The van der Waals surface area contributed by atoms with E-state index >= 15 is 4.39 Å². The number of fused-ring (bicyclic) bond motifs is 4. The maximum atomic E-state index is 15.5. The fourth-order valence-electron chi connectivity index (χ4n) is 9.50. The number of carbonyl (C=O) groups excluding carboxylic acids is 4. The molecule has 12 nitrogen and oxygen atoms in total. The highest BCUT2D eigenvalue weighted by Gasteiger charge is 2.48. The number of anilines is 2. The Morgan fingerprint density at radius 1 is 0.905 bits per heavy atom. The summed E-state index contributed by atoms with van der Waals surface area (Å²) >= 11 is 1.73. The fourth-order valence-corrected chi connectivity index (χ4v) is 12.3. The van der Waals surface area contributed by atoms with Gasteiger partial charge in [-0.15, -0.1) is 11.8 Å². The van der Waals surface area contributed by atoms with Crippen molar-refractivity contribution in [3.8, 4) is 11.1 Å². The molecule has 4 heterocycles. The van der Waals surface area contributed by atoms with E-state index in [0.717, 1.165) is 72.3 Å². The Bertz CT molecular complexity index is 2500. The molecule has 0 saturated carbocycles. The van der Waals surface area contributed by atoms with Crippen LogP contribution in [0.15, 0.2) is 88.7 Å². The van der Waals surface area contributed by atoms with E-state index in [9.17, 15) is 32.7 Å². The van der Waals surface area contributed by atoms with E-state index < -0.39 is 33.8 Å². The lowest BCUT2D eigenvalue weighted by Gasteiger charge is -2.39.